The van der Waals surface area contributed by atoms with E-state index in [0.717, 1.165) is 107 Å². The molecular formula is C75H140N18O6. The van der Waals surface area contributed by atoms with Crippen LogP contribution in [0.25, 0.3) is 0 Å². The predicted molar refractivity (Wildman–Crippen MR) is 398 cm³/mol. The van der Waals surface area contributed by atoms with E-state index >= 15 is 0 Å². The normalized spacial score (nSPS) is 28.4. The molecule has 9 aliphatic heterocycles. The number of nitrogens with one attached hydrogen (secondary N) is 5. The number of rotatable bonds is 20. The molecule has 24 nitrogen and oxygen atoms in total. The van der Waals surface area contributed by atoms with Gasteiger partial charge in [0.05, 0.1) is 18.3 Å². The summed E-state index contributed by atoms with van der Waals surface area (Å²) in [7, 11) is 13.4. The quantitative estimate of drug-likeness (QED) is 0.0725. The summed E-state index contributed by atoms with van der Waals surface area (Å²) >= 11 is 0. The third kappa shape index (κ3) is 18.5. The van der Waals surface area contributed by atoms with Crippen LogP contribution < -0.4 is 26.9 Å². The number of likely N-dealkylation sites (tertiary alicyclic amines) is 6. The summed E-state index contributed by atoms with van der Waals surface area (Å²) in [6.07, 6.45) is 17.3. The fourth-order valence-electron chi connectivity index (χ4n) is 18.3. The molecule has 0 bridgehead atoms. The van der Waals surface area contributed by atoms with Gasteiger partial charge in [0.2, 0.25) is 17.7 Å². The van der Waals surface area contributed by atoms with Crippen LogP contribution in [0.4, 0.5) is 0 Å². The van der Waals surface area contributed by atoms with Crippen molar-refractivity contribution < 1.29 is 28.7 Å². The van der Waals surface area contributed by atoms with Crippen molar-refractivity contribution in [2.45, 2.75) is 359 Å². The average molecular weight is 1390 g/mol. The SMILES string of the molecule is CN1C(C)(C)CC(OC2=NN(OC3CC(C)(C)N(C)C(C)(C)C3)NC(NCCCN(CCCNC3=CC(OC4CC(C)(C)N(C)C(C)(C)C4)=NN(OC4CC(C)(C)N(C)C(C)(C)C4)N3)C3=CC(OC4CC(C)(C)N(C)C(C)(C)C4)=NN(OC4CC(C)(C)N(C)C(C)(C)C4)N3)=C2)CC1(C)C. The molecule has 5 N–H and O–H groups in total. The van der Waals surface area contributed by atoms with E-state index in [4.69, 9.17) is 44.0 Å². The zero-order valence-corrected chi connectivity index (χ0v) is 67.7. The van der Waals surface area contributed by atoms with Gasteiger partial charge in [-0.2, -0.15) is 0 Å². The summed E-state index contributed by atoms with van der Waals surface area (Å²) in [6.45, 7) is 57.9. The van der Waals surface area contributed by atoms with E-state index in [2.05, 4.69) is 276 Å². The molecule has 0 aliphatic carbocycles. The van der Waals surface area contributed by atoms with E-state index in [0.29, 0.717) is 43.9 Å². The molecule has 0 amide bonds. The molecule has 0 aromatic carbocycles. The highest BCUT2D eigenvalue weighted by Gasteiger charge is 2.51. The summed E-state index contributed by atoms with van der Waals surface area (Å²) in [5.41, 5.74) is 9.64. The minimum Gasteiger partial charge on any atom is -0.473 e. The summed E-state index contributed by atoms with van der Waals surface area (Å²) < 4.78 is 21.0. The smallest absolute Gasteiger partial charge is 0.239 e. The third-order valence-electron chi connectivity index (χ3n) is 25.4. The van der Waals surface area contributed by atoms with Gasteiger partial charge in [0.1, 0.15) is 35.8 Å². The maximum atomic E-state index is 7.14. The molecule has 0 atom stereocenters. The van der Waals surface area contributed by atoms with Crippen molar-refractivity contribution >= 4 is 17.7 Å². The van der Waals surface area contributed by atoms with Gasteiger partial charge < -0.3 is 29.7 Å². The van der Waals surface area contributed by atoms with E-state index in [1.165, 1.54) is 0 Å². The molecule has 0 unspecified atom stereocenters. The van der Waals surface area contributed by atoms with Gasteiger partial charge in [0.25, 0.3) is 0 Å². The van der Waals surface area contributed by atoms with E-state index in [1.807, 2.05) is 12.2 Å². The Kier molecular flexibility index (Phi) is 22.4. The van der Waals surface area contributed by atoms with E-state index in [9.17, 15) is 0 Å². The van der Waals surface area contributed by atoms with Crippen molar-refractivity contribution in [1.82, 2.24) is 77.1 Å². The number of hydrogen-bond acceptors (Lipinski definition) is 24. The first-order valence-electron chi connectivity index (χ1n) is 37.6. The zero-order valence-electron chi connectivity index (χ0n) is 67.7. The minimum absolute atomic E-state index is 0.0478. The molecule has 0 spiro atoms. The maximum Gasteiger partial charge on any atom is 0.239 e. The van der Waals surface area contributed by atoms with Crippen molar-refractivity contribution in [3.05, 3.63) is 35.7 Å². The number of hydrazone groups is 3. The van der Waals surface area contributed by atoms with E-state index in [-0.39, 0.29) is 103 Å². The monoisotopic (exact) mass is 1390 g/mol. The van der Waals surface area contributed by atoms with Gasteiger partial charge in [0.15, 0.2) is 0 Å². The second-order valence-electron chi connectivity index (χ2n) is 38.6. The highest BCUT2D eigenvalue weighted by Crippen LogP contribution is 2.45. The maximum absolute atomic E-state index is 7.14. The molecule has 0 aromatic heterocycles. The molecule has 9 rings (SSSR count). The fourth-order valence-corrected chi connectivity index (χ4v) is 18.3. The lowest BCUT2D eigenvalue weighted by molar-refractivity contribution is -0.255. The second-order valence-corrected chi connectivity index (χ2v) is 38.6. The highest BCUT2D eigenvalue weighted by atomic mass is 16.8. The van der Waals surface area contributed by atoms with Gasteiger partial charge in [-0.15, -0.1) is 0 Å². The van der Waals surface area contributed by atoms with Crippen LogP contribution in [0, 0.1) is 0 Å². The van der Waals surface area contributed by atoms with Gasteiger partial charge in [-0.3, -0.25) is 29.4 Å². The zero-order chi connectivity index (χ0) is 73.5. The Morgan fingerprint density at radius 2 is 0.545 bits per heavy atom. The Balaban J connectivity index is 0.983. The van der Waals surface area contributed by atoms with Crippen LogP contribution in [0.15, 0.2) is 51.0 Å². The highest BCUT2D eigenvalue weighted by molar-refractivity contribution is 5.89. The molecule has 99 heavy (non-hydrogen) atoms. The van der Waals surface area contributed by atoms with Gasteiger partial charge in [-0.25, -0.2) is 30.8 Å². The van der Waals surface area contributed by atoms with Crippen molar-refractivity contribution in [2.75, 3.05) is 68.5 Å². The minimum atomic E-state index is -0.120. The molecule has 6 fully saturated rings. The van der Waals surface area contributed by atoms with E-state index < -0.39 is 0 Å². The Morgan fingerprint density at radius 3 is 0.788 bits per heavy atom. The van der Waals surface area contributed by atoms with Crippen LogP contribution in [0.5, 0.6) is 0 Å². The van der Waals surface area contributed by atoms with Crippen LogP contribution in [-0.4, -0.2) is 239 Å². The third-order valence-corrected chi connectivity index (χ3v) is 25.4. The van der Waals surface area contributed by atoms with Gasteiger partial charge in [0, 0.05) is 149 Å². The molecule has 0 saturated carbocycles. The lowest BCUT2D eigenvalue weighted by Crippen LogP contribution is -2.61. The number of nitrogens with zero attached hydrogens (tertiary/aromatic N) is 13. The van der Waals surface area contributed by atoms with Gasteiger partial charge >= 0.3 is 0 Å². The van der Waals surface area contributed by atoms with Crippen LogP contribution in [-0.2, 0) is 28.7 Å². The molecule has 566 valence electrons. The number of hydrogen-bond donors (Lipinski definition) is 5. The predicted octanol–water partition coefficient (Wildman–Crippen LogP) is 10.9. The van der Waals surface area contributed by atoms with Crippen LogP contribution >= 0.6 is 0 Å². The Morgan fingerprint density at radius 1 is 0.333 bits per heavy atom. The first-order valence-corrected chi connectivity index (χ1v) is 37.6. The summed E-state index contributed by atoms with van der Waals surface area (Å²) in [5.74, 6) is 3.90. The second kappa shape index (κ2) is 28.2. The van der Waals surface area contributed by atoms with Crippen molar-refractivity contribution in [2.24, 2.45) is 15.3 Å². The first-order chi connectivity index (χ1) is 45.3. The topological polar surface area (TPSA) is 185 Å². The van der Waals surface area contributed by atoms with Crippen molar-refractivity contribution in [1.29, 1.82) is 0 Å². The molecular weight excluding hydrogens is 1250 g/mol. The molecule has 0 aromatic rings. The van der Waals surface area contributed by atoms with E-state index in [1.54, 1.807) is 15.8 Å². The molecule has 24 heteroatoms. The number of piperidine rings is 6. The summed E-state index contributed by atoms with van der Waals surface area (Å²) in [4.78, 5) is 38.0. The molecule has 6 saturated heterocycles. The van der Waals surface area contributed by atoms with Gasteiger partial charge in [-0.1, -0.05) is 31.1 Å². The fraction of sp³-hybridized carbons (Fsp3) is 0.880. The average Bonchev–Trinajstić information content (AvgIpc) is 0.804. The molecule has 9 aliphatic rings. The summed E-state index contributed by atoms with van der Waals surface area (Å²) in [6, 6.07) is 0. The largest absolute Gasteiger partial charge is 0.473 e. The van der Waals surface area contributed by atoms with Crippen LogP contribution in [0.3, 0.4) is 0 Å². The van der Waals surface area contributed by atoms with Crippen LogP contribution in [0.2, 0.25) is 0 Å². The van der Waals surface area contributed by atoms with Crippen molar-refractivity contribution in [3.8, 4) is 0 Å². The van der Waals surface area contributed by atoms with Crippen LogP contribution in [0.1, 0.15) is 256 Å². The summed E-state index contributed by atoms with van der Waals surface area (Å²) in [5, 5.41) is 27.4. The molecule has 0 radical (unpaired) electrons. The Bertz CT molecular complexity index is 2780. The number of hydrazine groups is 3. The van der Waals surface area contributed by atoms with Gasteiger partial charge in [-0.05, 0) is 260 Å². The molecule has 9 heterocycles. The first kappa shape index (κ1) is 78.6. The Labute approximate surface area is 599 Å². The lowest BCUT2D eigenvalue weighted by atomic mass is 9.79. The standard InChI is InChI=1S/C75H140N18O6/c1-64(2)40-52(41-65(3,4)84(64)25)94-61-37-58(78-91(81-61)97-55-46-70(13,14)87(28)71(15,16)47-55)76-33-31-35-90(60-39-63(96-54-44-68(9,10)86(27)69(11,12)45-54)83-93(80-60)99-57-50-74(21,22)89(30)75(23,24)51-57)36-32-34-77-59-38-62(95-53-42-66(5,6)85(26)67(7,8)43-53)82-92(79-59)98-56-48-72(17,18)88(29)73(19,20)49-56/h37-39,52-57,76-80H,31-36,40-51H2,1-30H3. The number of ether oxygens (including phenoxy) is 3. The Hall–Kier alpha value is -4.53. The lowest BCUT2D eigenvalue weighted by Gasteiger charge is -2.53. The van der Waals surface area contributed by atoms with Crippen molar-refractivity contribution in [3.63, 3.8) is 0 Å².